The number of imidazole rings is 1. The number of rotatable bonds is 6. The summed E-state index contributed by atoms with van der Waals surface area (Å²) in [6, 6.07) is 9.62. The monoisotopic (exact) mass is 691 g/mol. The zero-order valence-corrected chi connectivity index (χ0v) is 25.4. The highest BCUT2D eigenvalue weighted by Gasteiger charge is 2.34. The normalized spacial score (nSPS) is 17.5. The van der Waals surface area contributed by atoms with Gasteiger partial charge >= 0.3 is 17.7 Å². The van der Waals surface area contributed by atoms with Crippen LogP contribution in [0.3, 0.4) is 0 Å². The molecule has 41 heavy (non-hydrogen) atoms. The lowest BCUT2D eigenvalue weighted by molar-refractivity contribution is -0.146. The van der Waals surface area contributed by atoms with Gasteiger partial charge in [-0.1, -0.05) is 12.1 Å². The van der Waals surface area contributed by atoms with Crippen LogP contribution in [0.5, 0.6) is 5.75 Å². The van der Waals surface area contributed by atoms with Gasteiger partial charge in [0.15, 0.2) is 0 Å². The number of aromatic nitrogens is 2. The molecule has 4 N–H and O–H groups in total. The highest BCUT2D eigenvalue weighted by Crippen LogP contribution is 2.34. The molecule has 2 saturated heterocycles. The van der Waals surface area contributed by atoms with Crippen LogP contribution in [0.1, 0.15) is 37.3 Å². The summed E-state index contributed by atoms with van der Waals surface area (Å²) in [4.78, 5) is 57.2. The van der Waals surface area contributed by atoms with Crippen molar-refractivity contribution in [1.29, 1.82) is 0 Å². The molecule has 0 spiro atoms. The van der Waals surface area contributed by atoms with Crippen LogP contribution in [0.2, 0.25) is 0 Å². The molecule has 5 rings (SSSR count). The summed E-state index contributed by atoms with van der Waals surface area (Å²) >= 11 is 6.65. The first-order valence-corrected chi connectivity index (χ1v) is 15.1. The molecule has 3 amide bonds. The van der Waals surface area contributed by atoms with Gasteiger partial charge in [0.1, 0.15) is 11.8 Å². The lowest BCUT2D eigenvalue weighted by Gasteiger charge is -2.36. The first-order chi connectivity index (χ1) is 19.6. The van der Waals surface area contributed by atoms with E-state index in [-0.39, 0.29) is 35.8 Å². The van der Waals surface area contributed by atoms with Gasteiger partial charge in [-0.2, -0.15) is 0 Å². The zero-order chi connectivity index (χ0) is 29.3. The van der Waals surface area contributed by atoms with Crippen LogP contribution in [0.25, 0.3) is 11.0 Å². The van der Waals surface area contributed by atoms with Gasteiger partial charge in [-0.3, -0.25) is 14.2 Å². The van der Waals surface area contributed by atoms with Crippen molar-refractivity contribution in [3.8, 4) is 5.75 Å². The molecule has 0 unspecified atom stereocenters. The number of aromatic hydroxyl groups is 1. The van der Waals surface area contributed by atoms with Gasteiger partial charge in [0.2, 0.25) is 5.91 Å². The van der Waals surface area contributed by atoms with Crippen molar-refractivity contribution in [3.63, 3.8) is 0 Å². The molecule has 218 valence electrons. The van der Waals surface area contributed by atoms with E-state index in [1.807, 2.05) is 24.3 Å². The van der Waals surface area contributed by atoms with E-state index in [0.29, 0.717) is 60.8 Å². The van der Waals surface area contributed by atoms with Crippen molar-refractivity contribution in [2.24, 2.45) is 5.92 Å². The third-order valence-corrected chi connectivity index (χ3v) is 9.22. The number of phenols is 1. The van der Waals surface area contributed by atoms with Gasteiger partial charge in [-0.15, -0.1) is 0 Å². The van der Waals surface area contributed by atoms with Crippen molar-refractivity contribution in [2.75, 3.05) is 26.2 Å². The van der Waals surface area contributed by atoms with E-state index in [0.717, 1.165) is 16.6 Å². The molecule has 2 aliphatic rings. The second-order valence-electron chi connectivity index (χ2n) is 10.6. The number of carboxylic acids is 1. The number of aliphatic carboxylic acids is 1. The third-order valence-electron chi connectivity index (χ3n) is 8.01. The number of halogens is 2. The van der Waals surface area contributed by atoms with Gasteiger partial charge < -0.3 is 30.3 Å². The SMILES string of the molecule is O=C(O)C1CCN(C(=O)[C@@H](Cc2cc(Br)c(O)c(Br)c2)NC(=O)N2CCC(n3c(=O)[nH]c4ccccc43)CC2)CC1. The number of phenolic OH excluding ortho intramolecular Hbond substituents is 1. The fraction of sp³-hybridized carbons (Fsp3) is 0.429. The molecular weight excluding hydrogens is 662 g/mol. The number of aromatic amines is 1. The molecule has 0 saturated carbocycles. The highest BCUT2D eigenvalue weighted by molar-refractivity contribution is 9.11. The van der Waals surface area contributed by atoms with Crippen LogP contribution in [0, 0.1) is 5.92 Å². The largest absolute Gasteiger partial charge is 0.506 e. The molecule has 1 atom stereocenters. The number of piperidine rings is 2. The number of amides is 3. The minimum absolute atomic E-state index is 0.0357. The second-order valence-corrected chi connectivity index (χ2v) is 12.3. The van der Waals surface area contributed by atoms with Crippen molar-refractivity contribution < 1.29 is 24.6 Å². The highest BCUT2D eigenvalue weighted by atomic mass is 79.9. The summed E-state index contributed by atoms with van der Waals surface area (Å²) < 4.78 is 2.67. The Hall–Kier alpha value is -3.32. The molecule has 3 aromatic rings. The first-order valence-electron chi connectivity index (χ1n) is 13.6. The number of H-pyrrole nitrogens is 1. The number of benzene rings is 2. The number of urea groups is 1. The van der Waals surface area contributed by atoms with Crippen LogP contribution in [-0.4, -0.2) is 79.7 Å². The van der Waals surface area contributed by atoms with Gasteiger partial charge in [-0.05, 0) is 87.4 Å². The molecular formula is C28H31Br2N5O6. The number of nitrogens with one attached hydrogen (secondary N) is 2. The Morgan fingerprint density at radius 2 is 1.59 bits per heavy atom. The Balaban J connectivity index is 1.29. The molecule has 1 aromatic heterocycles. The Bertz CT molecular complexity index is 1500. The minimum atomic E-state index is -0.888. The van der Waals surface area contributed by atoms with E-state index in [4.69, 9.17) is 0 Å². The van der Waals surface area contributed by atoms with Crippen molar-refractivity contribution in [1.82, 2.24) is 24.7 Å². The minimum Gasteiger partial charge on any atom is -0.506 e. The molecule has 2 aromatic carbocycles. The Morgan fingerprint density at radius 1 is 0.976 bits per heavy atom. The average molecular weight is 693 g/mol. The van der Waals surface area contributed by atoms with Crippen molar-refractivity contribution >= 4 is 60.8 Å². The Morgan fingerprint density at radius 3 is 2.22 bits per heavy atom. The summed E-state index contributed by atoms with van der Waals surface area (Å²) in [6.07, 6.45) is 2.09. The number of hydrogen-bond acceptors (Lipinski definition) is 5. The maximum Gasteiger partial charge on any atom is 0.326 e. The van der Waals surface area contributed by atoms with Crippen molar-refractivity contribution in [2.45, 2.75) is 44.2 Å². The molecule has 2 fully saturated rings. The topological polar surface area (TPSA) is 148 Å². The smallest absolute Gasteiger partial charge is 0.326 e. The van der Waals surface area contributed by atoms with E-state index in [2.05, 4.69) is 42.2 Å². The predicted octanol–water partition coefficient (Wildman–Crippen LogP) is 3.84. The number of nitrogens with zero attached hydrogens (tertiary/aromatic N) is 3. The van der Waals surface area contributed by atoms with E-state index in [1.165, 1.54) is 0 Å². The number of carboxylic acid groups (broad SMARTS) is 1. The van der Waals surface area contributed by atoms with E-state index < -0.39 is 17.9 Å². The number of likely N-dealkylation sites (tertiary alicyclic amines) is 2. The lowest BCUT2D eigenvalue weighted by Crippen LogP contribution is -2.55. The molecule has 3 heterocycles. The second kappa shape index (κ2) is 12.3. The van der Waals surface area contributed by atoms with E-state index >= 15 is 0 Å². The van der Waals surface area contributed by atoms with Crippen LogP contribution >= 0.6 is 31.9 Å². The first kappa shape index (κ1) is 29.2. The Kier molecular flexibility index (Phi) is 8.74. The molecule has 2 aliphatic heterocycles. The zero-order valence-electron chi connectivity index (χ0n) is 22.2. The fourth-order valence-electron chi connectivity index (χ4n) is 5.74. The Labute approximate surface area is 252 Å². The molecule has 0 radical (unpaired) electrons. The van der Waals surface area contributed by atoms with E-state index in [9.17, 15) is 29.4 Å². The van der Waals surface area contributed by atoms with E-state index in [1.54, 1.807) is 26.5 Å². The third kappa shape index (κ3) is 6.30. The van der Waals surface area contributed by atoms with Crippen LogP contribution < -0.4 is 11.0 Å². The number of carbonyl (C=O) groups is 3. The molecule has 11 nitrogen and oxygen atoms in total. The van der Waals surface area contributed by atoms with Crippen LogP contribution in [0.4, 0.5) is 4.79 Å². The van der Waals surface area contributed by atoms with Crippen LogP contribution in [-0.2, 0) is 16.0 Å². The number of fused-ring (bicyclic) bond motifs is 1. The standard InChI is InChI=1S/C28H31Br2N5O6/c29-19-13-16(14-20(30)24(19)36)15-22(25(37)33-9-5-17(6-10-33)26(38)39)32-27(40)34-11-7-18(8-12-34)35-23-4-2-1-3-21(23)31-28(35)41/h1-4,13-14,17-18,22,36H,5-12,15H2,(H,31,41)(H,32,40)(H,38,39)/t22-/m1/s1. The summed E-state index contributed by atoms with van der Waals surface area (Å²) in [6.45, 7) is 1.44. The quantitative estimate of drug-likeness (QED) is 0.309. The molecule has 13 heteroatoms. The summed E-state index contributed by atoms with van der Waals surface area (Å²) in [5.74, 6) is -1.59. The lowest BCUT2D eigenvalue weighted by atomic mass is 9.96. The van der Waals surface area contributed by atoms with Gasteiger partial charge in [-0.25, -0.2) is 9.59 Å². The fourth-order valence-corrected chi connectivity index (χ4v) is 7.02. The maximum atomic E-state index is 13.6. The van der Waals surface area contributed by atoms with Gasteiger partial charge in [0.05, 0.1) is 25.9 Å². The van der Waals surface area contributed by atoms with Gasteiger partial charge in [0.25, 0.3) is 0 Å². The number of hydrogen-bond donors (Lipinski definition) is 4. The van der Waals surface area contributed by atoms with Gasteiger partial charge in [0, 0.05) is 38.6 Å². The molecule has 0 aliphatic carbocycles. The number of carbonyl (C=O) groups excluding carboxylic acids is 2. The van der Waals surface area contributed by atoms with Crippen LogP contribution in [0.15, 0.2) is 50.1 Å². The summed E-state index contributed by atoms with van der Waals surface area (Å²) in [5, 5.41) is 22.4. The average Bonchev–Trinajstić information content (AvgIpc) is 3.30. The summed E-state index contributed by atoms with van der Waals surface area (Å²) in [7, 11) is 0. The van der Waals surface area contributed by atoms with Crippen molar-refractivity contribution in [3.05, 3.63) is 61.4 Å². The molecule has 0 bridgehead atoms. The number of para-hydroxylation sites is 2. The predicted molar refractivity (Wildman–Crippen MR) is 159 cm³/mol. The summed E-state index contributed by atoms with van der Waals surface area (Å²) in [5.41, 5.74) is 2.17. The maximum absolute atomic E-state index is 13.6.